The van der Waals surface area contributed by atoms with Crippen molar-refractivity contribution < 1.29 is 0 Å². The molecule has 0 amide bonds. The zero-order chi connectivity index (χ0) is 11.5. The smallest absolute Gasteiger partial charge is 0.0858 e. The van der Waals surface area contributed by atoms with Gasteiger partial charge in [-0.3, -0.25) is 4.98 Å². The second-order valence-electron chi connectivity index (χ2n) is 3.34. The molecule has 0 radical (unpaired) electrons. The van der Waals surface area contributed by atoms with Crippen molar-refractivity contribution in [1.82, 2.24) is 4.98 Å². The third-order valence-electron chi connectivity index (χ3n) is 2.17. The van der Waals surface area contributed by atoms with E-state index in [0.717, 1.165) is 26.0 Å². The number of fused-ring (bicyclic) bond motifs is 1. The van der Waals surface area contributed by atoms with Crippen molar-refractivity contribution in [1.29, 1.82) is 5.26 Å². The third-order valence-corrected chi connectivity index (χ3v) is 3.73. The standard InChI is InChI=1S/C12H9BrN2S/c1-8-7-11(16-6-5-14)9-3-2-4-10(13)12(9)15-8/h2-4,7H,6H2,1H3. The fourth-order valence-electron chi connectivity index (χ4n) is 1.53. The SMILES string of the molecule is Cc1cc(SCC#N)c2cccc(Br)c2n1. The highest BCUT2D eigenvalue weighted by Crippen LogP contribution is 2.31. The lowest BCUT2D eigenvalue weighted by Gasteiger charge is -2.06. The number of para-hydroxylation sites is 1. The molecule has 0 aliphatic rings. The molecular formula is C12H9BrN2S. The molecule has 1 heterocycles. The maximum atomic E-state index is 8.63. The van der Waals surface area contributed by atoms with Crippen LogP contribution in [0.1, 0.15) is 5.69 Å². The van der Waals surface area contributed by atoms with E-state index >= 15 is 0 Å². The molecule has 0 saturated heterocycles. The summed E-state index contributed by atoms with van der Waals surface area (Å²) in [7, 11) is 0. The van der Waals surface area contributed by atoms with Gasteiger partial charge in [-0.2, -0.15) is 5.26 Å². The summed E-state index contributed by atoms with van der Waals surface area (Å²) in [4.78, 5) is 5.62. The summed E-state index contributed by atoms with van der Waals surface area (Å²) < 4.78 is 0.993. The fourth-order valence-corrected chi connectivity index (χ4v) is 2.78. The number of aromatic nitrogens is 1. The van der Waals surface area contributed by atoms with Crippen LogP contribution in [0, 0.1) is 18.3 Å². The van der Waals surface area contributed by atoms with Crippen molar-refractivity contribution in [2.45, 2.75) is 11.8 Å². The number of hydrogen-bond acceptors (Lipinski definition) is 3. The van der Waals surface area contributed by atoms with Gasteiger partial charge >= 0.3 is 0 Å². The topological polar surface area (TPSA) is 36.7 Å². The summed E-state index contributed by atoms with van der Waals surface area (Å²) in [5.74, 6) is 0.463. The number of rotatable bonds is 2. The predicted molar refractivity (Wildman–Crippen MR) is 70.5 cm³/mol. The van der Waals surface area contributed by atoms with Crippen molar-refractivity contribution >= 4 is 38.6 Å². The number of thioether (sulfide) groups is 1. The summed E-state index contributed by atoms with van der Waals surface area (Å²) in [6, 6.07) is 10.2. The van der Waals surface area contributed by atoms with E-state index in [1.165, 1.54) is 0 Å². The Hall–Kier alpha value is -1.05. The van der Waals surface area contributed by atoms with Gasteiger partial charge in [-0.05, 0) is 35.0 Å². The molecule has 80 valence electrons. The first-order chi connectivity index (χ1) is 7.72. The lowest BCUT2D eigenvalue weighted by atomic mass is 10.2. The summed E-state index contributed by atoms with van der Waals surface area (Å²) in [6.07, 6.45) is 0. The molecule has 0 spiro atoms. The van der Waals surface area contributed by atoms with E-state index in [2.05, 4.69) is 27.0 Å². The first kappa shape index (κ1) is 11.4. The first-order valence-corrected chi connectivity index (χ1v) is 6.56. The fraction of sp³-hybridized carbons (Fsp3) is 0.167. The zero-order valence-corrected chi connectivity index (χ0v) is 11.1. The highest BCUT2D eigenvalue weighted by Gasteiger charge is 2.06. The minimum atomic E-state index is 0.463. The van der Waals surface area contributed by atoms with Crippen LogP contribution in [0.25, 0.3) is 10.9 Å². The van der Waals surface area contributed by atoms with Crippen LogP contribution in [0.5, 0.6) is 0 Å². The number of nitriles is 1. The Morgan fingerprint density at radius 1 is 1.50 bits per heavy atom. The minimum absolute atomic E-state index is 0.463. The van der Waals surface area contributed by atoms with Crippen LogP contribution in [-0.4, -0.2) is 10.7 Å². The number of halogens is 1. The van der Waals surface area contributed by atoms with Crippen LogP contribution in [0.15, 0.2) is 33.6 Å². The van der Waals surface area contributed by atoms with Gasteiger partial charge in [-0.15, -0.1) is 11.8 Å². The van der Waals surface area contributed by atoms with Gasteiger partial charge in [0.15, 0.2) is 0 Å². The average Bonchev–Trinajstić information content (AvgIpc) is 2.27. The second-order valence-corrected chi connectivity index (χ2v) is 5.22. The van der Waals surface area contributed by atoms with Crippen molar-refractivity contribution in [2.24, 2.45) is 0 Å². The summed E-state index contributed by atoms with van der Waals surface area (Å²) >= 11 is 5.05. The van der Waals surface area contributed by atoms with E-state index in [9.17, 15) is 0 Å². The molecule has 0 fully saturated rings. The van der Waals surface area contributed by atoms with Gasteiger partial charge in [-0.25, -0.2) is 0 Å². The van der Waals surface area contributed by atoms with Crippen LogP contribution in [-0.2, 0) is 0 Å². The van der Waals surface area contributed by atoms with E-state index in [1.807, 2.05) is 31.2 Å². The molecule has 2 nitrogen and oxygen atoms in total. The Labute approximate surface area is 107 Å². The van der Waals surface area contributed by atoms with Gasteiger partial charge in [0.25, 0.3) is 0 Å². The molecule has 4 heteroatoms. The Bertz CT molecular complexity index is 575. The van der Waals surface area contributed by atoms with Gasteiger partial charge in [0, 0.05) is 20.4 Å². The van der Waals surface area contributed by atoms with Gasteiger partial charge in [-0.1, -0.05) is 12.1 Å². The van der Waals surface area contributed by atoms with Gasteiger partial charge < -0.3 is 0 Å². The Morgan fingerprint density at radius 2 is 2.31 bits per heavy atom. The molecule has 2 aromatic rings. The number of pyridine rings is 1. The highest BCUT2D eigenvalue weighted by molar-refractivity contribution is 9.10. The van der Waals surface area contributed by atoms with Gasteiger partial charge in [0.2, 0.25) is 0 Å². The molecule has 0 aliphatic carbocycles. The number of benzene rings is 1. The molecule has 0 atom stereocenters. The number of nitrogens with zero attached hydrogens (tertiary/aromatic N) is 2. The normalized spacial score (nSPS) is 10.3. The van der Waals surface area contributed by atoms with Crippen molar-refractivity contribution in [3.05, 3.63) is 34.4 Å². The van der Waals surface area contributed by atoms with Crippen LogP contribution in [0.2, 0.25) is 0 Å². The maximum Gasteiger partial charge on any atom is 0.0858 e. The molecule has 0 N–H and O–H groups in total. The van der Waals surface area contributed by atoms with Crippen molar-refractivity contribution in [3.8, 4) is 6.07 Å². The first-order valence-electron chi connectivity index (χ1n) is 4.78. The highest BCUT2D eigenvalue weighted by atomic mass is 79.9. The molecule has 16 heavy (non-hydrogen) atoms. The van der Waals surface area contributed by atoms with Gasteiger partial charge in [0.1, 0.15) is 0 Å². The quantitative estimate of drug-likeness (QED) is 0.787. The number of hydrogen-bond donors (Lipinski definition) is 0. The molecular weight excluding hydrogens is 284 g/mol. The molecule has 0 bridgehead atoms. The number of aryl methyl sites for hydroxylation is 1. The predicted octanol–water partition coefficient (Wildman–Crippen LogP) is 3.92. The van der Waals surface area contributed by atoms with Crippen molar-refractivity contribution in [2.75, 3.05) is 5.75 Å². The molecule has 0 unspecified atom stereocenters. The summed E-state index contributed by atoms with van der Waals surface area (Å²) in [5.41, 5.74) is 1.93. The Balaban J connectivity index is 2.64. The maximum absolute atomic E-state index is 8.63. The molecule has 0 saturated carbocycles. The second kappa shape index (κ2) is 4.86. The molecule has 1 aromatic carbocycles. The van der Waals surface area contributed by atoms with Crippen LogP contribution in [0.4, 0.5) is 0 Å². The zero-order valence-electron chi connectivity index (χ0n) is 8.70. The van der Waals surface area contributed by atoms with E-state index in [1.54, 1.807) is 11.8 Å². The molecule has 2 rings (SSSR count). The van der Waals surface area contributed by atoms with E-state index in [-0.39, 0.29) is 0 Å². The summed E-state index contributed by atoms with van der Waals surface area (Å²) in [5, 5.41) is 9.73. The largest absolute Gasteiger partial charge is 0.252 e. The van der Waals surface area contributed by atoms with Gasteiger partial charge in [0.05, 0.1) is 17.3 Å². The lowest BCUT2D eigenvalue weighted by Crippen LogP contribution is -1.88. The molecule has 0 aliphatic heterocycles. The Morgan fingerprint density at radius 3 is 3.06 bits per heavy atom. The van der Waals surface area contributed by atoms with Crippen LogP contribution in [0.3, 0.4) is 0 Å². The van der Waals surface area contributed by atoms with E-state index in [0.29, 0.717) is 5.75 Å². The Kier molecular flexibility index (Phi) is 3.47. The third kappa shape index (κ3) is 2.21. The van der Waals surface area contributed by atoms with Crippen LogP contribution >= 0.6 is 27.7 Å². The average molecular weight is 293 g/mol. The van der Waals surface area contributed by atoms with Crippen molar-refractivity contribution in [3.63, 3.8) is 0 Å². The van der Waals surface area contributed by atoms with E-state index < -0.39 is 0 Å². The summed E-state index contributed by atoms with van der Waals surface area (Å²) in [6.45, 7) is 1.97. The lowest BCUT2D eigenvalue weighted by molar-refractivity contribution is 1.22. The van der Waals surface area contributed by atoms with E-state index in [4.69, 9.17) is 5.26 Å². The van der Waals surface area contributed by atoms with Crippen LogP contribution < -0.4 is 0 Å². The monoisotopic (exact) mass is 292 g/mol. The minimum Gasteiger partial charge on any atom is -0.252 e. The molecule has 1 aromatic heterocycles.